The maximum Gasteiger partial charge on any atom is 0.0979 e. The Kier molecular flexibility index (Phi) is 7.18. The number of rotatable bonds is 4. The summed E-state index contributed by atoms with van der Waals surface area (Å²) < 4.78 is 2.61. The van der Waals surface area contributed by atoms with Crippen molar-refractivity contribution in [1.29, 1.82) is 0 Å². The fourth-order valence-corrected chi connectivity index (χ4v) is 11.0. The average Bonchev–Trinajstić information content (AvgIpc) is 3.78. The van der Waals surface area contributed by atoms with Crippen molar-refractivity contribution in [3.05, 3.63) is 193 Å². The molecule has 1 aliphatic rings. The maximum absolute atomic E-state index is 5.57. The van der Waals surface area contributed by atoms with Crippen LogP contribution in [0.25, 0.3) is 109 Å². The molecule has 0 atom stereocenters. The van der Waals surface area contributed by atoms with Gasteiger partial charge in [0.15, 0.2) is 0 Å². The maximum atomic E-state index is 5.57. The zero-order chi connectivity index (χ0) is 38.5. The molecule has 0 aliphatic heterocycles. The van der Waals surface area contributed by atoms with Gasteiger partial charge in [-0.2, -0.15) is 0 Å². The van der Waals surface area contributed by atoms with E-state index in [1.54, 1.807) is 0 Å². The second kappa shape index (κ2) is 12.5. The van der Waals surface area contributed by atoms with Crippen LogP contribution in [-0.4, -0.2) is 9.97 Å². The molecule has 272 valence electrons. The van der Waals surface area contributed by atoms with Crippen molar-refractivity contribution in [2.75, 3.05) is 0 Å². The molecule has 0 saturated heterocycles. The van der Waals surface area contributed by atoms with Crippen LogP contribution in [0.15, 0.2) is 182 Å². The molecule has 12 rings (SSSR count). The van der Waals surface area contributed by atoms with E-state index in [1.807, 2.05) is 11.3 Å². The largest absolute Gasteiger partial charge is 0.243 e. The van der Waals surface area contributed by atoms with Crippen LogP contribution in [0.4, 0.5) is 0 Å². The van der Waals surface area contributed by atoms with Gasteiger partial charge in [-0.25, -0.2) is 9.97 Å². The van der Waals surface area contributed by atoms with E-state index in [9.17, 15) is 0 Å². The summed E-state index contributed by atoms with van der Waals surface area (Å²) >= 11 is 1.90. The van der Waals surface area contributed by atoms with E-state index in [1.165, 1.54) is 69.9 Å². The second-order valence-electron chi connectivity index (χ2n) is 16.1. The first-order chi connectivity index (χ1) is 28.5. The molecule has 9 aromatic carbocycles. The molecule has 58 heavy (non-hydrogen) atoms. The fraction of sp³-hybridized carbons (Fsp3) is 0.0545. The van der Waals surface area contributed by atoms with Crippen molar-refractivity contribution in [3.63, 3.8) is 0 Å². The van der Waals surface area contributed by atoms with Crippen LogP contribution in [0.5, 0.6) is 0 Å². The third-order valence-electron chi connectivity index (χ3n) is 12.5. The first kappa shape index (κ1) is 33.2. The van der Waals surface area contributed by atoms with Gasteiger partial charge < -0.3 is 0 Å². The molecule has 2 nitrogen and oxygen atoms in total. The molecule has 2 aromatic heterocycles. The van der Waals surface area contributed by atoms with Gasteiger partial charge in [0.05, 0.1) is 22.4 Å². The Morgan fingerprint density at radius 2 is 0.810 bits per heavy atom. The molecule has 3 heteroatoms. The van der Waals surface area contributed by atoms with Gasteiger partial charge >= 0.3 is 0 Å². The Hall–Kier alpha value is -6.94. The minimum absolute atomic E-state index is 0.0507. The van der Waals surface area contributed by atoms with Crippen LogP contribution in [0.2, 0.25) is 0 Å². The average molecular weight is 757 g/mol. The van der Waals surface area contributed by atoms with E-state index in [0.29, 0.717) is 0 Å². The summed E-state index contributed by atoms with van der Waals surface area (Å²) in [5, 5.41) is 7.20. The second-order valence-corrected chi connectivity index (χ2v) is 17.1. The number of fused-ring (bicyclic) bond motifs is 12. The Bertz CT molecular complexity index is 3480. The number of hydrogen-bond donors (Lipinski definition) is 0. The summed E-state index contributed by atoms with van der Waals surface area (Å²) in [6, 6.07) is 66.1. The molecular weight excluding hydrogens is 721 g/mol. The van der Waals surface area contributed by atoms with E-state index in [-0.39, 0.29) is 5.41 Å². The predicted octanol–water partition coefficient (Wildman–Crippen LogP) is 15.3. The Balaban J connectivity index is 1.04. The van der Waals surface area contributed by atoms with Crippen LogP contribution >= 0.6 is 11.3 Å². The van der Waals surface area contributed by atoms with Crippen LogP contribution in [0, 0.1) is 0 Å². The summed E-state index contributed by atoms with van der Waals surface area (Å²) in [6.07, 6.45) is 0. The first-order valence-electron chi connectivity index (χ1n) is 20.0. The molecule has 0 saturated carbocycles. The summed E-state index contributed by atoms with van der Waals surface area (Å²) in [6.45, 7) is 4.72. The lowest BCUT2D eigenvalue weighted by atomic mass is 9.81. The number of nitrogens with zero attached hydrogens (tertiary/aromatic N) is 2. The molecule has 0 fully saturated rings. The van der Waals surface area contributed by atoms with Crippen molar-refractivity contribution in [2.45, 2.75) is 19.3 Å². The van der Waals surface area contributed by atoms with E-state index >= 15 is 0 Å². The molecule has 0 N–H and O–H groups in total. The lowest BCUT2D eigenvalue weighted by Gasteiger charge is -2.22. The lowest BCUT2D eigenvalue weighted by Crippen LogP contribution is -2.14. The number of benzene rings is 9. The third kappa shape index (κ3) is 4.84. The van der Waals surface area contributed by atoms with E-state index in [2.05, 4.69) is 196 Å². The smallest absolute Gasteiger partial charge is 0.0979 e. The molecule has 0 radical (unpaired) electrons. The minimum Gasteiger partial charge on any atom is -0.243 e. The van der Waals surface area contributed by atoms with Crippen LogP contribution < -0.4 is 0 Å². The Morgan fingerprint density at radius 1 is 0.345 bits per heavy atom. The fourth-order valence-electron chi connectivity index (χ4n) is 9.64. The SMILES string of the molecule is CC1(C)c2ccccc2-c2ccc(-c3cccc4c3sc3c(-c5cccc(-c6nc7c8ccccc8c8ccccc8c7nc6-c6ccccc6)c5)cccc34)cc21. The highest BCUT2D eigenvalue weighted by Crippen LogP contribution is 2.51. The summed E-state index contributed by atoms with van der Waals surface area (Å²) in [5.41, 5.74) is 16.1. The van der Waals surface area contributed by atoms with Gasteiger partial charge in [0.2, 0.25) is 0 Å². The molecule has 0 unspecified atom stereocenters. The van der Waals surface area contributed by atoms with E-state index in [0.717, 1.165) is 49.9 Å². The number of aromatic nitrogens is 2. The topological polar surface area (TPSA) is 25.8 Å². The highest BCUT2D eigenvalue weighted by atomic mass is 32.1. The van der Waals surface area contributed by atoms with Gasteiger partial charge in [-0.3, -0.25) is 0 Å². The standard InChI is InChI=1S/C55H36N2S/c1-55(2)47-28-11-10-21-41(47)42-30-29-35(32-48(42)55)38-25-14-27-46-45-26-13-24-37(53(45)58-54(38)46)34-17-12-18-36(31-34)50-49(33-15-4-3-5-16-33)56-51-43-22-8-6-19-39(43)40-20-7-9-23-44(40)52(51)57-50/h3-32H,1-2H3. The summed E-state index contributed by atoms with van der Waals surface area (Å²) in [7, 11) is 0. The highest BCUT2D eigenvalue weighted by molar-refractivity contribution is 7.26. The summed E-state index contributed by atoms with van der Waals surface area (Å²) in [5.74, 6) is 0. The number of hydrogen-bond acceptors (Lipinski definition) is 3. The first-order valence-corrected chi connectivity index (χ1v) is 20.8. The van der Waals surface area contributed by atoms with Crippen molar-refractivity contribution in [1.82, 2.24) is 9.97 Å². The van der Waals surface area contributed by atoms with Gasteiger partial charge in [-0.15, -0.1) is 11.3 Å². The van der Waals surface area contributed by atoms with Gasteiger partial charge in [0, 0.05) is 47.5 Å². The van der Waals surface area contributed by atoms with Crippen molar-refractivity contribution in [3.8, 4) is 55.9 Å². The zero-order valence-electron chi connectivity index (χ0n) is 32.1. The Morgan fingerprint density at radius 3 is 1.48 bits per heavy atom. The molecule has 1 aliphatic carbocycles. The van der Waals surface area contributed by atoms with Crippen LogP contribution in [-0.2, 0) is 5.41 Å². The van der Waals surface area contributed by atoms with E-state index in [4.69, 9.17) is 9.97 Å². The van der Waals surface area contributed by atoms with Gasteiger partial charge in [-0.05, 0) is 67.4 Å². The van der Waals surface area contributed by atoms with E-state index < -0.39 is 0 Å². The highest BCUT2D eigenvalue weighted by Gasteiger charge is 2.35. The quantitative estimate of drug-likeness (QED) is 0.167. The molecule has 0 spiro atoms. The molecule has 0 amide bonds. The number of thiophene rings is 1. The van der Waals surface area contributed by atoms with Crippen molar-refractivity contribution in [2.24, 2.45) is 0 Å². The van der Waals surface area contributed by atoms with Gasteiger partial charge in [-0.1, -0.05) is 184 Å². The Labute approximate surface area is 340 Å². The van der Waals surface area contributed by atoms with Crippen LogP contribution in [0.1, 0.15) is 25.0 Å². The minimum atomic E-state index is -0.0507. The molecule has 11 aromatic rings. The van der Waals surface area contributed by atoms with Crippen molar-refractivity contribution >= 4 is 64.1 Å². The monoisotopic (exact) mass is 756 g/mol. The van der Waals surface area contributed by atoms with Gasteiger partial charge in [0.1, 0.15) is 0 Å². The summed E-state index contributed by atoms with van der Waals surface area (Å²) in [4.78, 5) is 11.1. The third-order valence-corrected chi connectivity index (χ3v) is 13.8. The van der Waals surface area contributed by atoms with Crippen molar-refractivity contribution < 1.29 is 0 Å². The molecule has 2 heterocycles. The molecule has 0 bridgehead atoms. The predicted molar refractivity (Wildman–Crippen MR) is 247 cm³/mol. The normalized spacial score (nSPS) is 13.1. The van der Waals surface area contributed by atoms with Gasteiger partial charge in [0.25, 0.3) is 0 Å². The molecular formula is C55H36N2S. The lowest BCUT2D eigenvalue weighted by molar-refractivity contribution is 0.660. The zero-order valence-corrected chi connectivity index (χ0v) is 32.9. The van der Waals surface area contributed by atoms with Crippen LogP contribution in [0.3, 0.4) is 0 Å².